The lowest BCUT2D eigenvalue weighted by atomic mass is 10.1. The second kappa shape index (κ2) is 10.1. The molecule has 0 aliphatic rings. The number of ether oxygens (including phenoxy) is 2. The van der Waals surface area contributed by atoms with Gasteiger partial charge in [0.15, 0.2) is 0 Å². The summed E-state index contributed by atoms with van der Waals surface area (Å²) in [5.74, 6) is 0.176. The number of halogens is 1. The van der Waals surface area contributed by atoms with E-state index < -0.39 is 11.8 Å². The van der Waals surface area contributed by atoms with Crippen LogP contribution >= 0.6 is 11.6 Å². The first-order valence-corrected chi connectivity index (χ1v) is 10.7. The molecule has 7 nitrogen and oxygen atoms in total. The minimum atomic E-state index is -0.508. The molecule has 0 atom stereocenters. The highest BCUT2D eigenvalue weighted by Crippen LogP contribution is 2.28. The third-order valence-corrected chi connectivity index (χ3v) is 5.47. The highest BCUT2D eigenvalue weighted by Gasteiger charge is 2.17. The number of carbonyl (C=O) groups is 2. The second-order valence-electron chi connectivity index (χ2n) is 7.34. The molecular formula is C26H22ClN3O4. The Labute approximate surface area is 201 Å². The van der Waals surface area contributed by atoms with Crippen molar-refractivity contribution in [3.63, 3.8) is 0 Å². The molecule has 0 saturated carbocycles. The Morgan fingerprint density at radius 2 is 1.76 bits per heavy atom. The van der Waals surface area contributed by atoms with Crippen LogP contribution in [0.2, 0.25) is 5.02 Å². The van der Waals surface area contributed by atoms with E-state index in [4.69, 9.17) is 21.1 Å². The number of aromatic amines is 1. The second-order valence-corrected chi connectivity index (χ2v) is 7.74. The number of hydrogen-bond acceptors (Lipinski definition) is 4. The van der Waals surface area contributed by atoms with Gasteiger partial charge in [-0.05, 0) is 48.5 Å². The maximum Gasteiger partial charge on any atom is 0.272 e. The summed E-state index contributed by atoms with van der Waals surface area (Å²) in [6.07, 6.45) is 3.37. The smallest absolute Gasteiger partial charge is 0.272 e. The summed E-state index contributed by atoms with van der Waals surface area (Å²) in [6.45, 7) is 0. The van der Waals surface area contributed by atoms with Crippen LogP contribution in [-0.2, 0) is 4.79 Å². The van der Waals surface area contributed by atoms with Gasteiger partial charge in [-0.25, -0.2) is 0 Å². The zero-order valence-electron chi connectivity index (χ0n) is 18.5. The van der Waals surface area contributed by atoms with E-state index in [1.807, 2.05) is 24.3 Å². The molecule has 34 heavy (non-hydrogen) atoms. The predicted octanol–water partition coefficient (Wildman–Crippen LogP) is 5.25. The first-order valence-electron chi connectivity index (χ1n) is 10.4. The van der Waals surface area contributed by atoms with Crippen molar-refractivity contribution < 1.29 is 19.1 Å². The molecule has 0 aliphatic heterocycles. The van der Waals surface area contributed by atoms with Crippen LogP contribution in [0.3, 0.4) is 0 Å². The molecule has 172 valence electrons. The standard InChI is InChI=1S/C26H22ClN3O4/c1-33-19-9-11-22-20(14-19)17(15-28-22)12-23(30-25(31)16-6-4-3-5-7-16)26(32)29-18-8-10-21(27)24(13-18)34-2/h3-15,28H,1-2H3,(H,29,32)(H,30,31)/b23-12+. The van der Waals surface area contributed by atoms with E-state index >= 15 is 0 Å². The Balaban J connectivity index is 1.71. The zero-order chi connectivity index (χ0) is 24.1. The molecule has 4 aromatic rings. The van der Waals surface area contributed by atoms with Crippen LogP contribution < -0.4 is 20.1 Å². The van der Waals surface area contributed by atoms with Crippen LogP contribution in [0.5, 0.6) is 11.5 Å². The van der Waals surface area contributed by atoms with E-state index in [-0.39, 0.29) is 5.70 Å². The van der Waals surface area contributed by atoms with Gasteiger partial charge in [-0.1, -0.05) is 29.8 Å². The van der Waals surface area contributed by atoms with Crippen molar-refractivity contribution in [2.24, 2.45) is 0 Å². The van der Waals surface area contributed by atoms with Crippen molar-refractivity contribution in [2.75, 3.05) is 19.5 Å². The molecule has 0 aliphatic carbocycles. The predicted molar refractivity (Wildman–Crippen MR) is 133 cm³/mol. The maximum atomic E-state index is 13.2. The molecule has 0 spiro atoms. The molecule has 0 saturated heterocycles. The van der Waals surface area contributed by atoms with Gasteiger partial charge in [0.1, 0.15) is 17.2 Å². The van der Waals surface area contributed by atoms with E-state index in [0.29, 0.717) is 33.3 Å². The summed E-state index contributed by atoms with van der Waals surface area (Å²) in [5, 5.41) is 6.78. The number of methoxy groups -OCH3 is 2. The Bertz CT molecular complexity index is 1380. The molecule has 0 unspecified atom stereocenters. The van der Waals surface area contributed by atoms with Gasteiger partial charge in [0.25, 0.3) is 11.8 Å². The number of carbonyl (C=O) groups excluding carboxylic acids is 2. The molecule has 2 amide bonds. The SMILES string of the molecule is COc1ccc2[nH]cc(/C=C(/NC(=O)c3ccccc3)C(=O)Nc3ccc(Cl)c(OC)c3)c2c1. The van der Waals surface area contributed by atoms with E-state index in [9.17, 15) is 9.59 Å². The lowest BCUT2D eigenvalue weighted by Gasteiger charge is -2.12. The van der Waals surface area contributed by atoms with Crippen LogP contribution in [0.1, 0.15) is 15.9 Å². The molecule has 1 aromatic heterocycles. The van der Waals surface area contributed by atoms with Gasteiger partial charge < -0.3 is 25.1 Å². The fourth-order valence-electron chi connectivity index (χ4n) is 3.40. The number of H-pyrrole nitrogens is 1. The van der Waals surface area contributed by atoms with Crippen molar-refractivity contribution in [2.45, 2.75) is 0 Å². The first kappa shape index (κ1) is 22.9. The van der Waals surface area contributed by atoms with E-state index in [1.54, 1.807) is 61.8 Å². The monoisotopic (exact) mass is 475 g/mol. The highest BCUT2D eigenvalue weighted by molar-refractivity contribution is 6.32. The Kier molecular flexibility index (Phi) is 6.85. The van der Waals surface area contributed by atoms with Crippen LogP contribution in [0.4, 0.5) is 5.69 Å². The van der Waals surface area contributed by atoms with Gasteiger partial charge in [-0.3, -0.25) is 9.59 Å². The van der Waals surface area contributed by atoms with Gasteiger partial charge in [0.2, 0.25) is 0 Å². The summed E-state index contributed by atoms with van der Waals surface area (Å²) >= 11 is 6.09. The minimum absolute atomic E-state index is 0.0616. The number of anilines is 1. The molecule has 1 heterocycles. The van der Waals surface area contributed by atoms with E-state index in [0.717, 1.165) is 10.9 Å². The number of nitrogens with one attached hydrogen (secondary N) is 3. The number of hydrogen-bond donors (Lipinski definition) is 3. The van der Waals surface area contributed by atoms with Crippen molar-refractivity contribution in [1.82, 2.24) is 10.3 Å². The topological polar surface area (TPSA) is 92.5 Å². The van der Waals surface area contributed by atoms with Gasteiger partial charge in [-0.2, -0.15) is 0 Å². The van der Waals surface area contributed by atoms with Crippen LogP contribution in [0.15, 0.2) is 78.6 Å². The summed E-state index contributed by atoms with van der Waals surface area (Å²) in [6, 6.07) is 19.1. The Morgan fingerprint density at radius 3 is 2.50 bits per heavy atom. The average Bonchev–Trinajstić information content (AvgIpc) is 3.26. The van der Waals surface area contributed by atoms with Gasteiger partial charge >= 0.3 is 0 Å². The lowest BCUT2D eigenvalue weighted by Crippen LogP contribution is -2.30. The fourth-order valence-corrected chi connectivity index (χ4v) is 3.60. The maximum absolute atomic E-state index is 13.2. The molecule has 3 aromatic carbocycles. The molecule has 4 rings (SSSR count). The number of benzene rings is 3. The normalized spacial score (nSPS) is 11.2. The molecule has 0 bridgehead atoms. The van der Waals surface area contributed by atoms with Gasteiger partial charge in [0, 0.05) is 40.0 Å². The van der Waals surface area contributed by atoms with Crippen molar-refractivity contribution >= 4 is 46.1 Å². The summed E-state index contributed by atoms with van der Waals surface area (Å²) in [5.41, 5.74) is 2.53. The first-order chi connectivity index (χ1) is 16.5. The highest BCUT2D eigenvalue weighted by atomic mass is 35.5. The van der Waals surface area contributed by atoms with Crippen molar-refractivity contribution in [3.05, 3.63) is 94.8 Å². The number of rotatable bonds is 7. The van der Waals surface area contributed by atoms with E-state index in [2.05, 4.69) is 15.6 Å². The third-order valence-electron chi connectivity index (χ3n) is 5.16. The number of amides is 2. The van der Waals surface area contributed by atoms with Crippen LogP contribution in [0, 0.1) is 0 Å². The third kappa shape index (κ3) is 5.05. The van der Waals surface area contributed by atoms with Gasteiger partial charge in [0.05, 0.1) is 19.2 Å². The average molecular weight is 476 g/mol. The van der Waals surface area contributed by atoms with E-state index in [1.165, 1.54) is 7.11 Å². The van der Waals surface area contributed by atoms with Crippen molar-refractivity contribution in [1.29, 1.82) is 0 Å². The fraction of sp³-hybridized carbons (Fsp3) is 0.0769. The number of fused-ring (bicyclic) bond motifs is 1. The zero-order valence-corrected chi connectivity index (χ0v) is 19.3. The van der Waals surface area contributed by atoms with Crippen molar-refractivity contribution in [3.8, 4) is 11.5 Å². The molecule has 3 N–H and O–H groups in total. The summed E-state index contributed by atoms with van der Waals surface area (Å²) in [4.78, 5) is 29.3. The molecule has 8 heteroatoms. The number of aromatic nitrogens is 1. The Morgan fingerprint density at radius 1 is 0.971 bits per heavy atom. The summed E-state index contributed by atoms with van der Waals surface area (Å²) < 4.78 is 10.5. The van der Waals surface area contributed by atoms with Crippen LogP contribution in [-0.4, -0.2) is 31.0 Å². The summed E-state index contributed by atoms with van der Waals surface area (Å²) in [7, 11) is 3.08. The minimum Gasteiger partial charge on any atom is -0.497 e. The molecule has 0 radical (unpaired) electrons. The Hall–Kier alpha value is -4.23. The largest absolute Gasteiger partial charge is 0.497 e. The van der Waals surface area contributed by atoms with Crippen LogP contribution in [0.25, 0.3) is 17.0 Å². The quantitative estimate of drug-likeness (QED) is 0.318. The molecule has 0 fully saturated rings. The van der Waals surface area contributed by atoms with Gasteiger partial charge in [-0.15, -0.1) is 0 Å². The lowest BCUT2D eigenvalue weighted by molar-refractivity contribution is -0.113. The molecular weight excluding hydrogens is 454 g/mol.